The molecule has 44 valence electrons. The van der Waals surface area contributed by atoms with Gasteiger partial charge in [-0.15, -0.1) is 0 Å². The maximum Gasteiger partial charge on any atom is 0.158 e. The standard InChI is InChI=1S/C4H7N3O/c5-3-4-6-1-2-7(4)8/h1-2,8H,3,5H2. The van der Waals surface area contributed by atoms with E-state index in [1.165, 1.54) is 12.4 Å². The van der Waals surface area contributed by atoms with Gasteiger partial charge >= 0.3 is 0 Å². The molecule has 0 amide bonds. The average Bonchev–Trinajstić information content (AvgIpc) is 2.14. The van der Waals surface area contributed by atoms with Crippen molar-refractivity contribution in [2.45, 2.75) is 6.54 Å². The summed E-state index contributed by atoms with van der Waals surface area (Å²) in [4.78, 5) is 3.72. The van der Waals surface area contributed by atoms with Gasteiger partial charge in [0.25, 0.3) is 0 Å². The van der Waals surface area contributed by atoms with Gasteiger partial charge in [-0.2, -0.15) is 4.73 Å². The van der Waals surface area contributed by atoms with Gasteiger partial charge in [-0.3, -0.25) is 0 Å². The minimum absolute atomic E-state index is 0.267. The maximum absolute atomic E-state index is 8.72. The van der Waals surface area contributed by atoms with E-state index in [0.29, 0.717) is 5.82 Å². The normalized spacial score (nSPS) is 9.62. The number of imidazole rings is 1. The molecule has 1 rings (SSSR count). The first-order valence-electron chi connectivity index (χ1n) is 2.26. The van der Waals surface area contributed by atoms with E-state index in [9.17, 15) is 0 Å². The van der Waals surface area contributed by atoms with E-state index < -0.39 is 0 Å². The van der Waals surface area contributed by atoms with Crippen molar-refractivity contribution in [1.29, 1.82) is 0 Å². The Bertz CT molecular complexity index is 172. The Morgan fingerprint density at radius 1 is 1.88 bits per heavy atom. The number of nitrogens with two attached hydrogens (primary N) is 1. The Morgan fingerprint density at radius 2 is 2.62 bits per heavy atom. The van der Waals surface area contributed by atoms with Crippen LogP contribution in [-0.2, 0) is 6.54 Å². The van der Waals surface area contributed by atoms with Crippen molar-refractivity contribution in [2.24, 2.45) is 5.73 Å². The van der Waals surface area contributed by atoms with Crippen molar-refractivity contribution in [3.05, 3.63) is 18.2 Å². The van der Waals surface area contributed by atoms with Gasteiger partial charge in [-0.25, -0.2) is 4.98 Å². The lowest BCUT2D eigenvalue weighted by Gasteiger charge is -1.91. The highest BCUT2D eigenvalue weighted by Gasteiger charge is 1.93. The van der Waals surface area contributed by atoms with Gasteiger partial charge in [0, 0.05) is 6.20 Å². The maximum atomic E-state index is 8.72. The minimum atomic E-state index is 0.267. The molecule has 0 unspecified atom stereocenters. The Morgan fingerprint density at radius 3 is 2.88 bits per heavy atom. The molecule has 1 aromatic rings. The van der Waals surface area contributed by atoms with Crippen LogP contribution >= 0.6 is 0 Å². The van der Waals surface area contributed by atoms with E-state index in [2.05, 4.69) is 4.98 Å². The molecule has 4 heteroatoms. The highest BCUT2D eigenvalue weighted by atomic mass is 16.5. The van der Waals surface area contributed by atoms with Crippen molar-refractivity contribution in [2.75, 3.05) is 0 Å². The predicted molar refractivity (Wildman–Crippen MR) is 27.3 cm³/mol. The fraction of sp³-hybridized carbons (Fsp3) is 0.250. The highest BCUT2D eigenvalue weighted by Crippen LogP contribution is 1.88. The van der Waals surface area contributed by atoms with Crippen LogP contribution in [0.25, 0.3) is 0 Å². The van der Waals surface area contributed by atoms with Gasteiger partial charge in [-0.1, -0.05) is 0 Å². The van der Waals surface area contributed by atoms with Crippen LogP contribution in [-0.4, -0.2) is 14.9 Å². The zero-order valence-corrected chi connectivity index (χ0v) is 4.28. The number of hydrogen-bond donors (Lipinski definition) is 2. The van der Waals surface area contributed by atoms with Gasteiger partial charge in [0.05, 0.1) is 12.7 Å². The zero-order valence-electron chi connectivity index (χ0n) is 4.28. The molecule has 0 aromatic carbocycles. The summed E-state index contributed by atoms with van der Waals surface area (Å²) in [7, 11) is 0. The van der Waals surface area contributed by atoms with Crippen molar-refractivity contribution in [3.63, 3.8) is 0 Å². The summed E-state index contributed by atoms with van der Waals surface area (Å²) < 4.78 is 0.903. The second-order valence-corrected chi connectivity index (χ2v) is 1.39. The van der Waals surface area contributed by atoms with Gasteiger partial charge in [0.1, 0.15) is 0 Å². The first-order valence-corrected chi connectivity index (χ1v) is 2.26. The van der Waals surface area contributed by atoms with Crippen LogP contribution in [0.2, 0.25) is 0 Å². The molecule has 0 saturated heterocycles. The Kier molecular flexibility index (Phi) is 1.17. The molecular weight excluding hydrogens is 106 g/mol. The van der Waals surface area contributed by atoms with Crippen LogP contribution in [0.15, 0.2) is 12.4 Å². The van der Waals surface area contributed by atoms with Crippen molar-refractivity contribution < 1.29 is 5.21 Å². The second-order valence-electron chi connectivity index (χ2n) is 1.39. The van der Waals surface area contributed by atoms with Crippen molar-refractivity contribution >= 4 is 0 Å². The first-order chi connectivity index (χ1) is 3.84. The molecule has 1 heterocycles. The van der Waals surface area contributed by atoms with E-state index in [4.69, 9.17) is 10.9 Å². The summed E-state index contributed by atoms with van der Waals surface area (Å²) in [6.45, 7) is 0.267. The lowest BCUT2D eigenvalue weighted by Crippen LogP contribution is -2.04. The molecule has 0 spiro atoms. The van der Waals surface area contributed by atoms with Crippen LogP contribution in [0.4, 0.5) is 0 Å². The topological polar surface area (TPSA) is 64.1 Å². The Balaban J connectivity index is 2.92. The molecule has 0 radical (unpaired) electrons. The van der Waals surface area contributed by atoms with Crippen LogP contribution < -0.4 is 5.73 Å². The van der Waals surface area contributed by atoms with Crippen molar-refractivity contribution in [3.8, 4) is 0 Å². The van der Waals surface area contributed by atoms with Crippen LogP contribution in [0, 0.1) is 0 Å². The second kappa shape index (κ2) is 1.83. The third kappa shape index (κ3) is 0.651. The molecule has 8 heavy (non-hydrogen) atoms. The zero-order chi connectivity index (χ0) is 5.98. The van der Waals surface area contributed by atoms with Gasteiger partial charge in [0.15, 0.2) is 5.82 Å². The average molecular weight is 113 g/mol. The monoisotopic (exact) mass is 113 g/mol. The smallest absolute Gasteiger partial charge is 0.158 e. The fourth-order valence-electron chi connectivity index (χ4n) is 0.474. The molecule has 3 N–H and O–H groups in total. The molecule has 0 aliphatic carbocycles. The summed E-state index contributed by atoms with van der Waals surface area (Å²) >= 11 is 0. The largest absolute Gasteiger partial charge is 0.427 e. The highest BCUT2D eigenvalue weighted by molar-refractivity contribution is 4.86. The summed E-state index contributed by atoms with van der Waals surface area (Å²) in [5, 5.41) is 8.72. The van der Waals surface area contributed by atoms with Crippen molar-refractivity contribution in [1.82, 2.24) is 9.71 Å². The third-order valence-electron chi connectivity index (χ3n) is 0.878. The van der Waals surface area contributed by atoms with Crippen LogP contribution in [0.5, 0.6) is 0 Å². The van der Waals surface area contributed by atoms with Crippen LogP contribution in [0.3, 0.4) is 0 Å². The number of hydrogen-bond acceptors (Lipinski definition) is 3. The Labute approximate surface area is 46.5 Å². The molecule has 0 aliphatic rings. The van der Waals surface area contributed by atoms with Gasteiger partial charge in [0.2, 0.25) is 0 Å². The number of nitrogens with zero attached hydrogens (tertiary/aromatic N) is 2. The lowest BCUT2D eigenvalue weighted by atomic mass is 10.6. The first kappa shape index (κ1) is 5.11. The molecule has 1 aromatic heterocycles. The third-order valence-corrected chi connectivity index (χ3v) is 0.878. The molecular formula is C4H7N3O. The molecule has 0 bridgehead atoms. The molecule has 0 fully saturated rings. The quantitative estimate of drug-likeness (QED) is 0.486. The number of rotatable bonds is 1. The molecule has 4 nitrogen and oxygen atoms in total. The fourth-order valence-corrected chi connectivity index (χ4v) is 0.474. The predicted octanol–water partition coefficient (Wildman–Crippen LogP) is -0.421. The summed E-state index contributed by atoms with van der Waals surface area (Å²) in [5.41, 5.74) is 5.15. The van der Waals surface area contributed by atoms with E-state index >= 15 is 0 Å². The molecule has 0 saturated carbocycles. The number of aromatic nitrogens is 2. The van der Waals surface area contributed by atoms with E-state index in [1.54, 1.807) is 0 Å². The lowest BCUT2D eigenvalue weighted by molar-refractivity contribution is 0.176. The molecule has 0 atom stereocenters. The van der Waals surface area contributed by atoms with E-state index in [0.717, 1.165) is 4.73 Å². The van der Waals surface area contributed by atoms with E-state index in [-0.39, 0.29) is 6.54 Å². The van der Waals surface area contributed by atoms with Gasteiger partial charge in [-0.05, 0) is 0 Å². The summed E-state index contributed by atoms with van der Waals surface area (Å²) in [6, 6.07) is 0. The van der Waals surface area contributed by atoms with E-state index in [1.807, 2.05) is 0 Å². The van der Waals surface area contributed by atoms with Crippen LogP contribution in [0.1, 0.15) is 5.82 Å². The molecule has 0 aliphatic heterocycles. The van der Waals surface area contributed by atoms with Gasteiger partial charge < -0.3 is 10.9 Å². The summed E-state index contributed by atoms with van der Waals surface area (Å²) in [5.74, 6) is 0.477. The Hall–Kier alpha value is -1.03. The minimum Gasteiger partial charge on any atom is -0.427 e. The summed E-state index contributed by atoms with van der Waals surface area (Å²) in [6.07, 6.45) is 2.92. The SMILES string of the molecule is NCc1nccn1O.